The second-order valence-corrected chi connectivity index (χ2v) is 8.19. The van der Waals surface area contributed by atoms with Crippen molar-refractivity contribution in [2.75, 3.05) is 34.2 Å². The van der Waals surface area contributed by atoms with Crippen molar-refractivity contribution in [1.29, 1.82) is 0 Å². The van der Waals surface area contributed by atoms with E-state index in [1.54, 1.807) is 11.9 Å². The maximum atomic E-state index is 12.6. The zero-order valence-corrected chi connectivity index (χ0v) is 17.3. The van der Waals surface area contributed by atoms with Gasteiger partial charge in [0.15, 0.2) is 5.96 Å². The Labute approximate surface area is 163 Å². The van der Waals surface area contributed by atoms with E-state index in [9.17, 15) is 9.59 Å². The Morgan fingerprint density at radius 2 is 1.70 bits per heavy atom. The molecule has 2 fully saturated rings. The maximum absolute atomic E-state index is 12.6. The van der Waals surface area contributed by atoms with Crippen molar-refractivity contribution < 1.29 is 9.59 Å². The van der Waals surface area contributed by atoms with Crippen molar-refractivity contribution in [2.45, 2.75) is 70.3 Å². The second kappa shape index (κ2) is 10.5. The molecular formula is C20H37N5O2. The van der Waals surface area contributed by atoms with Crippen molar-refractivity contribution in [3.8, 4) is 0 Å². The summed E-state index contributed by atoms with van der Waals surface area (Å²) in [5, 5.41) is 9.63. The van der Waals surface area contributed by atoms with Crippen molar-refractivity contribution in [1.82, 2.24) is 20.9 Å². The molecule has 2 rings (SSSR count). The molecule has 0 aromatic carbocycles. The first-order valence-electron chi connectivity index (χ1n) is 10.4. The van der Waals surface area contributed by atoms with Crippen LogP contribution in [0.25, 0.3) is 0 Å². The fourth-order valence-electron chi connectivity index (χ4n) is 4.31. The van der Waals surface area contributed by atoms with Crippen LogP contribution in [0.2, 0.25) is 0 Å². The normalized spacial score (nSPS) is 20.2. The van der Waals surface area contributed by atoms with Crippen molar-refractivity contribution in [3.63, 3.8) is 0 Å². The first-order valence-corrected chi connectivity index (χ1v) is 10.4. The molecule has 0 aromatic heterocycles. The summed E-state index contributed by atoms with van der Waals surface area (Å²) in [6, 6.07) is 0.350. The first kappa shape index (κ1) is 21.5. The standard InChI is InChI=1S/C20H37N5O2/c1-21-19(22-14-11-17(26)24-16-9-5-4-6-10-16)23-15-20(12-7-8-13-20)18(27)25(2)3/h16H,4-15H2,1-3H3,(H,24,26)(H2,21,22,23). The average molecular weight is 380 g/mol. The monoisotopic (exact) mass is 379 g/mol. The van der Waals surface area contributed by atoms with Gasteiger partial charge in [-0.1, -0.05) is 32.1 Å². The summed E-state index contributed by atoms with van der Waals surface area (Å²) in [7, 11) is 5.35. The lowest BCUT2D eigenvalue weighted by molar-refractivity contribution is -0.138. The van der Waals surface area contributed by atoms with Crippen LogP contribution < -0.4 is 16.0 Å². The summed E-state index contributed by atoms with van der Waals surface area (Å²) < 4.78 is 0. The van der Waals surface area contributed by atoms with E-state index in [0.717, 1.165) is 38.5 Å². The summed E-state index contributed by atoms with van der Waals surface area (Å²) in [4.78, 5) is 30.7. The van der Waals surface area contributed by atoms with Gasteiger partial charge in [0, 0.05) is 46.7 Å². The molecule has 0 spiro atoms. The Balaban J connectivity index is 1.73. The third-order valence-electron chi connectivity index (χ3n) is 5.85. The molecule has 0 saturated heterocycles. The predicted octanol–water partition coefficient (Wildman–Crippen LogP) is 1.64. The third kappa shape index (κ3) is 6.40. The van der Waals surface area contributed by atoms with Gasteiger partial charge in [-0.2, -0.15) is 0 Å². The topological polar surface area (TPSA) is 85.8 Å². The summed E-state index contributed by atoms with van der Waals surface area (Å²) in [5.41, 5.74) is -0.334. The van der Waals surface area contributed by atoms with Gasteiger partial charge in [0.2, 0.25) is 11.8 Å². The largest absolute Gasteiger partial charge is 0.356 e. The van der Waals surface area contributed by atoms with Crippen LogP contribution in [0.15, 0.2) is 4.99 Å². The van der Waals surface area contributed by atoms with Gasteiger partial charge in [0.1, 0.15) is 0 Å². The van der Waals surface area contributed by atoms with Crippen LogP contribution in [0.4, 0.5) is 0 Å². The van der Waals surface area contributed by atoms with Crippen molar-refractivity contribution in [3.05, 3.63) is 0 Å². The van der Waals surface area contributed by atoms with E-state index in [0.29, 0.717) is 31.5 Å². The van der Waals surface area contributed by atoms with Crippen LogP contribution in [-0.4, -0.2) is 62.9 Å². The van der Waals surface area contributed by atoms with E-state index < -0.39 is 0 Å². The van der Waals surface area contributed by atoms with Crippen LogP contribution in [0, 0.1) is 5.41 Å². The fourth-order valence-corrected chi connectivity index (χ4v) is 4.31. The highest BCUT2D eigenvalue weighted by Gasteiger charge is 2.42. The van der Waals surface area contributed by atoms with Gasteiger partial charge >= 0.3 is 0 Å². The van der Waals surface area contributed by atoms with Crippen molar-refractivity contribution >= 4 is 17.8 Å². The summed E-state index contributed by atoms with van der Waals surface area (Å²) in [5.74, 6) is 0.938. The van der Waals surface area contributed by atoms with E-state index in [2.05, 4.69) is 20.9 Å². The molecule has 0 atom stereocenters. The van der Waals surface area contributed by atoms with Crippen LogP contribution in [0.5, 0.6) is 0 Å². The molecule has 2 aliphatic rings. The van der Waals surface area contributed by atoms with Gasteiger partial charge in [0.25, 0.3) is 0 Å². The Morgan fingerprint density at radius 3 is 2.30 bits per heavy atom. The molecule has 0 unspecified atom stereocenters. The molecule has 27 heavy (non-hydrogen) atoms. The van der Waals surface area contributed by atoms with Gasteiger partial charge in [-0.3, -0.25) is 14.6 Å². The summed E-state index contributed by atoms with van der Waals surface area (Å²) in [6.45, 7) is 1.12. The van der Waals surface area contributed by atoms with Crippen molar-refractivity contribution in [2.24, 2.45) is 10.4 Å². The Kier molecular flexibility index (Phi) is 8.38. The molecule has 0 heterocycles. The molecule has 0 aliphatic heterocycles. The second-order valence-electron chi connectivity index (χ2n) is 8.19. The van der Waals surface area contributed by atoms with Gasteiger partial charge in [-0.25, -0.2) is 0 Å². The zero-order valence-electron chi connectivity index (χ0n) is 17.3. The van der Waals surface area contributed by atoms with E-state index in [1.165, 1.54) is 19.3 Å². The quantitative estimate of drug-likeness (QED) is 0.464. The average Bonchev–Trinajstić information content (AvgIpc) is 3.14. The number of hydrogen-bond donors (Lipinski definition) is 3. The lowest BCUT2D eigenvalue weighted by Gasteiger charge is -2.31. The molecule has 7 heteroatoms. The number of rotatable bonds is 7. The minimum atomic E-state index is -0.334. The highest BCUT2D eigenvalue weighted by atomic mass is 16.2. The number of guanidine groups is 1. The molecule has 2 saturated carbocycles. The Hall–Kier alpha value is -1.79. The van der Waals surface area contributed by atoms with Gasteiger partial charge in [-0.05, 0) is 25.7 Å². The van der Waals surface area contributed by atoms with Crippen LogP contribution in [-0.2, 0) is 9.59 Å². The molecule has 0 aromatic rings. The SMILES string of the molecule is CN=C(NCCC(=O)NC1CCCCC1)NCC1(C(=O)N(C)C)CCCC1. The number of carbonyl (C=O) groups is 2. The van der Waals surface area contributed by atoms with E-state index >= 15 is 0 Å². The Morgan fingerprint density at radius 1 is 1.04 bits per heavy atom. The zero-order chi connectivity index (χ0) is 19.7. The molecule has 154 valence electrons. The molecule has 2 aliphatic carbocycles. The molecule has 0 radical (unpaired) electrons. The van der Waals surface area contributed by atoms with E-state index in [-0.39, 0.29) is 17.2 Å². The van der Waals surface area contributed by atoms with E-state index in [1.807, 2.05) is 14.1 Å². The van der Waals surface area contributed by atoms with Gasteiger partial charge < -0.3 is 20.9 Å². The number of nitrogens with one attached hydrogen (secondary N) is 3. The highest BCUT2D eigenvalue weighted by molar-refractivity contribution is 5.85. The van der Waals surface area contributed by atoms with Crippen LogP contribution in [0.3, 0.4) is 0 Å². The lowest BCUT2D eigenvalue weighted by atomic mass is 9.84. The Bertz CT molecular complexity index is 520. The molecule has 2 amide bonds. The van der Waals surface area contributed by atoms with Gasteiger partial charge in [0.05, 0.1) is 5.41 Å². The third-order valence-corrected chi connectivity index (χ3v) is 5.85. The fraction of sp³-hybridized carbons (Fsp3) is 0.850. The summed E-state index contributed by atoms with van der Waals surface area (Å²) >= 11 is 0. The van der Waals surface area contributed by atoms with Gasteiger partial charge in [-0.15, -0.1) is 0 Å². The number of carbonyl (C=O) groups excluding carboxylic acids is 2. The van der Waals surface area contributed by atoms with Crippen LogP contribution in [0.1, 0.15) is 64.2 Å². The first-order chi connectivity index (χ1) is 13.0. The van der Waals surface area contributed by atoms with Crippen LogP contribution >= 0.6 is 0 Å². The number of nitrogens with zero attached hydrogens (tertiary/aromatic N) is 2. The maximum Gasteiger partial charge on any atom is 0.230 e. The summed E-state index contributed by atoms with van der Waals surface area (Å²) in [6.07, 6.45) is 10.4. The molecule has 3 N–H and O–H groups in total. The minimum absolute atomic E-state index is 0.0971. The molecule has 7 nitrogen and oxygen atoms in total. The number of hydrogen-bond acceptors (Lipinski definition) is 3. The number of aliphatic imine (C=N–C) groups is 1. The minimum Gasteiger partial charge on any atom is -0.356 e. The number of amides is 2. The highest BCUT2D eigenvalue weighted by Crippen LogP contribution is 2.38. The van der Waals surface area contributed by atoms with E-state index in [4.69, 9.17) is 0 Å². The lowest BCUT2D eigenvalue weighted by Crippen LogP contribution is -2.49. The predicted molar refractivity (Wildman–Crippen MR) is 109 cm³/mol. The smallest absolute Gasteiger partial charge is 0.230 e. The molecule has 0 bridgehead atoms. The molecular weight excluding hydrogens is 342 g/mol.